The molecule has 0 bridgehead atoms. The van der Waals surface area contributed by atoms with Crippen LogP contribution in [0, 0.1) is 5.82 Å². The molecule has 0 saturated heterocycles. The smallest absolute Gasteiger partial charge is 0.374 e. The highest BCUT2D eigenvalue weighted by Gasteiger charge is 2.63. The van der Waals surface area contributed by atoms with Gasteiger partial charge in [-0.15, -0.1) is 0 Å². The quantitative estimate of drug-likeness (QED) is 0.381. The van der Waals surface area contributed by atoms with Gasteiger partial charge in [0.15, 0.2) is 0 Å². The van der Waals surface area contributed by atoms with Crippen LogP contribution >= 0.6 is 15.9 Å². The molecule has 1 aliphatic heterocycles. The molecule has 1 aliphatic rings. The molecular weight excluding hydrogens is 516 g/mol. The van der Waals surface area contributed by atoms with Crippen LogP contribution in [0.15, 0.2) is 46.0 Å². The van der Waals surface area contributed by atoms with Crippen molar-refractivity contribution in [3.05, 3.63) is 68.9 Å². The van der Waals surface area contributed by atoms with Crippen LogP contribution in [0.25, 0.3) is 0 Å². The zero-order chi connectivity index (χ0) is 23.4. The van der Waals surface area contributed by atoms with Crippen LogP contribution < -0.4 is 0 Å². The highest BCUT2D eigenvalue weighted by Crippen LogP contribution is 2.51. The van der Waals surface area contributed by atoms with Gasteiger partial charge in [0.1, 0.15) is 5.82 Å². The lowest BCUT2D eigenvalue weighted by molar-refractivity contribution is -0.276. The van der Waals surface area contributed by atoms with Gasteiger partial charge in [-0.05, 0) is 46.3 Å². The van der Waals surface area contributed by atoms with Crippen LogP contribution in [0.4, 0.5) is 43.9 Å². The fraction of sp³-hybridized carbons (Fsp3) is 0.278. The van der Waals surface area contributed by atoms with Crippen molar-refractivity contribution in [3.63, 3.8) is 0 Å². The second kappa shape index (κ2) is 7.38. The number of alkyl halides is 9. The minimum Gasteiger partial charge on any atom is -0.374 e. The molecule has 0 radical (unpaired) electrons. The zero-order valence-electron chi connectivity index (χ0n) is 14.7. The lowest BCUT2D eigenvalue weighted by atomic mass is 9.84. The van der Waals surface area contributed by atoms with Gasteiger partial charge in [0.05, 0.1) is 21.3 Å². The van der Waals surface area contributed by atoms with E-state index in [0.717, 1.165) is 18.2 Å². The Balaban J connectivity index is 2.16. The van der Waals surface area contributed by atoms with Crippen molar-refractivity contribution in [2.75, 3.05) is 0 Å². The van der Waals surface area contributed by atoms with Gasteiger partial charge in [-0.1, -0.05) is 11.2 Å². The van der Waals surface area contributed by atoms with E-state index in [1.165, 1.54) is 0 Å². The summed E-state index contributed by atoms with van der Waals surface area (Å²) in [4.78, 5) is 4.48. The number of nitrogens with zero attached hydrogens (tertiary/aromatic N) is 1. The van der Waals surface area contributed by atoms with Gasteiger partial charge in [0.2, 0.25) is 0 Å². The maximum atomic E-state index is 14.0. The number of halogens is 11. The molecule has 13 heteroatoms. The van der Waals surface area contributed by atoms with E-state index in [0.29, 0.717) is 0 Å². The van der Waals surface area contributed by atoms with Gasteiger partial charge in [0, 0.05) is 17.5 Å². The molecule has 1 heterocycles. The number of benzene rings is 2. The lowest BCUT2D eigenvalue weighted by Crippen LogP contribution is -2.43. The average molecular weight is 524 g/mol. The maximum absolute atomic E-state index is 14.0. The Morgan fingerprint density at radius 1 is 0.839 bits per heavy atom. The number of hydrogen-bond acceptors (Lipinski definition) is 2. The Kier molecular flexibility index (Phi) is 5.56. The van der Waals surface area contributed by atoms with Gasteiger partial charge in [-0.3, -0.25) is 0 Å². The van der Waals surface area contributed by atoms with Crippen molar-refractivity contribution >= 4 is 21.6 Å². The van der Waals surface area contributed by atoms with Crippen LogP contribution in [0.1, 0.15) is 28.7 Å². The predicted octanol–water partition coefficient (Wildman–Crippen LogP) is 7.21. The molecule has 2 aromatic rings. The summed E-state index contributed by atoms with van der Waals surface area (Å²) in [6.07, 6.45) is -17.4. The highest BCUT2D eigenvalue weighted by molar-refractivity contribution is 9.10. The van der Waals surface area contributed by atoms with Crippen LogP contribution in [0.5, 0.6) is 0 Å². The van der Waals surface area contributed by atoms with Crippen molar-refractivity contribution in [2.24, 2.45) is 5.16 Å². The first-order chi connectivity index (χ1) is 14.0. The third kappa shape index (κ3) is 4.37. The van der Waals surface area contributed by atoms with Gasteiger partial charge >= 0.3 is 18.5 Å². The van der Waals surface area contributed by atoms with Gasteiger partial charge < -0.3 is 4.84 Å². The fourth-order valence-corrected chi connectivity index (χ4v) is 3.30. The largest absolute Gasteiger partial charge is 0.435 e. The molecule has 1 atom stereocenters. The fourth-order valence-electron chi connectivity index (χ4n) is 2.92. The monoisotopic (exact) mass is 523 g/mol. The summed E-state index contributed by atoms with van der Waals surface area (Å²) in [5, 5.41) is 3.25. The Morgan fingerprint density at radius 2 is 1.39 bits per heavy atom. The predicted molar refractivity (Wildman–Crippen MR) is 90.5 cm³/mol. The molecule has 168 valence electrons. The summed E-state index contributed by atoms with van der Waals surface area (Å²) < 4.78 is 134. The molecule has 0 saturated carbocycles. The van der Waals surface area contributed by atoms with E-state index in [4.69, 9.17) is 0 Å². The van der Waals surface area contributed by atoms with Gasteiger partial charge in [-0.25, -0.2) is 4.39 Å². The Morgan fingerprint density at radius 3 is 1.84 bits per heavy atom. The maximum Gasteiger partial charge on any atom is 0.435 e. The molecule has 31 heavy (non-hydrogen) atoms. The normalized spacial score (nSPS) is 19.9. The third-order valence-corrected chi connectivity index (χ3v) is 5.10. The zero-order valence-corrected chi connectivity index (χ0v) is 16.3. The number of hydrogen-bond donors (Lipinski definition) is 0. The molecule has 2 aromatic carbocycles. The van der Waals surface area contributed by atoms with Crippen molar-refractivity contribution in [1.29, 1.82) is 0 Å². The summed E-state index contributed by atoms with van der Waals surface area (Å²) in [5.74, 6) is -0.752. The molecule has 0 amide bonds. The van der Waals surface area contributed by atoms with Crippen LogP contribution in [-0.4, -0.2) is 11.9 Å². The molecule has 2 nitrogen and oxygen atoms in total. The van der Waals surface area contributed by atoms with Crippen molar-refractivity contribution in [3.8, 4) is 0 Å². The Bertz CT molecular complexity index is 1010. The summed E-state index contributed by atoms with van der Waals surface area (Å²) in [7, 11) is 0. The van der Waals surface area contributed by atoms with E-state index < -0.39 is 58.8 Å². The Labute approximate surface area is 175 Å². The molecule has 0 fully saturated rings. The molecule has 0 N–H and O–H groups in total. The highest BCUT2D eigenvalue weighted by atomic mass is 79.9. The van der Waals surface area contributed by atoms with E-state index in [-0.39, 0.29) is 28.2 Å². The number of oxime groups is 1. The minimum absolute atomic E-state index is 0.0538. The second-order valence-electron chi connectivity index (χ2n) is 6.55. The van der Waals surface area contributed by atoms with E-state index >= 15 is 0 Å². The Hall–Kier alpha value is -2.31. The van der Waals surface area contributed by atoms with E-state index in [2.05, 4.69) is 25.9 Å². The van der Waals surface area contributed by atoms with Gasteiger partial charge in [-0.2, -0.15) is 39.5 Å². The SMILES string of the molecule is Fc1ccc(C2=NOC(c3cc(C(F)(F)F)cc(C(F)(F)F)c3)(C(F)(F)F)C2)cc1Br. The van der Waals surface area contributed by atoms with Gasteiger partial charge in [0.25, 0.3) is 5.60 Å². The first kappa shape index (κ1) is 23.4. The molecule has 1 unspecified atom stereocenters. The van der Waals surface area contributed by atoms with Crippen molar-refractivity contribution in [2.45, 2.75) is 30.6 Å². The molecule has 3 rings (SSSR count). The first-order valence-electron chi connectivity index (χ1n) is 8.12. The van der Waals surface area contributed by atoms with E-state index in [1.807, 2.05) is 0 Å². The summed E-state index contributed by atoms with van der Waals surface area (Å²) >= 11 is 2.83. The minimum atomic E-state index is -5.44. The van der Waals surface area contributed by atoms with Crippen LogP contribution in [0.2, 0.25) is 0 Å². The summed E-state index contributed by atoms with van der Waals surface area (Å²) in [6.45, 7) is 0. The van der Waals surface area contributed by atoms with Crippen molar-refractivity contribution in [1.82, 2.24) is 0 Å². The van der Waals surface area contributed by atoms with E-state index in [9.17, 15) is 43.9 Å². The van der Waals surface area contributed by atoms with Crippen LogP contribution in [0.3, 0.4) is 0 Å². The summed E-state index contributed by atoms with van der Waals surface area (Å²) in [6, 6.07) is 2.59. The third-order valence-electron chi connectivity index (χ3n) is 4.49. The topological polar surface area (TPSA) is 21.6 Å². The molecule has 0 aromatic heterocycles. The standard InChI is InChI=1S/C18H8BrF10NO/c19-12-3-8(1-2-13(12)20)14-7-15(31-30-14,18(27,28)29)9-4-10(16(21,22)23)6-11(5-9)17(24,25)26/h1-6H,7H2. The first-order valence-corrected chi connectivity index (χ1v) is 8.91. The van der Waals surface area contributed by atoms with Crippen molar-refractivity contribution < 1.29 is 48.7 Å². The molecule has 0 aliphatic carbocycles. The second-order valence-corrected chi connectivity index (χ2v) is 7.41. The number of rotatable bonds is 2. The molecule has 0 spiro atoms. The lowest BCUT2D eigenvalue weighted by Gasteiger charge is -2.30. The van der Waals surface area contributed by atoms with E-state index in [1.54, 1.807) is 0 Å². The average Bonchev–Trinajstić information content (AvgIpc) is 3.09. The molecular formula is C18H8BrF10NO. The van der Waals surface area contributed by atoms with Crippen LogP contribution in [-0.2, 0) is 22.8 Å². The summed E-state index contributed by atoms with van der Waals surface area (Å²) in [5.41, 5.74) is -9.39.